The van der Waals surface area contributed by atoms with E-state index in [2.05, 4.69) is 93.5 Å². The van der Waals surface area contributed by atoms with Crippen LogP contribution in [0, 0.1) is 5.41 Å². The fraction of sp³-hybridized carbons (Fsp3) is 0.606. The second-order valence-corrected chi connectivity index (χ2v) is 33.5. The molecule has 0 atom stereocenters. The summed E-state index contributed by atoms with van der Waals surface area (Å²) in [4.78, 5) is 13.4. The minimum absolute atomic E-state index is 0.0456. The average Bonchev–Trinajstić information content (AvgIpc) is 2.77. The van der Waals surface area contributed by atoms with Crippen LogP contribution in [-0.2, 0) is 17.8 Å². The van der Waals surface area contributed by atoms with Gasteiger partial charge in [0.1, 0.15) is 11.5 Å². The van der Waals surface area contributed by atoms with Crippen LogP contribution in [-0.4, -0.2) is 51.3 Å². The number of carbonyl (C=O) groups is 1. The maximum absolute atomic E-state index is 13.4. The molecule has 0 aromatic heterocycles. The highest BCUT2D eigenvalue weighted by Crippen LogP contribution is 2.43. The Bertz CT molecular complexity index is 1180. The minimum atomic E-state index is -2.98. The number of phenols is 1. The van der Waals surface area contributed by atoms with Gasteiger partial charge in [-0.05, 0) is 88.7 Å². The van der Waals surface area contributed by atoms with Gasteiger partial charge >= 0.3 is 8.80 Å². The Balaban J connectivity index is 2.45. The minimum Gasteiger partial charge on any atom is -0.507 e. The molecular formula is C33H58O6Si4. The molecule has 43 heavy (non-hydrogen) atoms. The van der Waals surface area contributed by atoms with Crippen LogP contribution in [0.3, 0.4) is 0 Å². The standard InChI is InChI=1S/C33H58O6Si4/c1-32(2,3)25-33(4,5)28-23-27(31(35)26-19-16-15-17-20-26)29(34)24-30(28)36-21-18-22-43(37-40(6,7)8,38-41(9,10)11)39-42(12,13)14/h15-17,19-20,23-24,34H,18,21-22,25H2,1-14H3. The first-order chi connectivity index (χ1) is 19.3. The Kier molecular flexibility index (Phi) is 12.1. The lowest BCUT2D eigenvalue weighted by atomic mass is 9.71. The van der Waals surface area contributed by atoms with Gasteiger partial charge in [-0.15, -0.1) is 0 Å². The van der Waals surface area contributed by atoms with Crippen molar-refractivity contribution >= 4 is 39.5 Å². The molecule has 0 aliphatic carbocycles. The van der Waals surface area contributed by atoms with Crippen molar-refractivity contribution < 1.29 is 27.0 Å². The molecule has 0 aliphatic heterocycles. The summed E-state index contributed by atoms with van der Waals surface area (Å²) in [7, 11) is -8.91. The quantitative estimate of drug-likeness (QED) is 0.116. The van der Waals surface area contributed by atoms with Gasteiger partial charge in [-0.3, -0.25) is 4.79 Å². The van der Waals surface area contributed by atoms with Crippen molar-refractivity contribution in [1.29, 1.82) is 0 Å². The van der Waals surface area contributed by atoms with Crippen LogP contribution in [0.1, 0.15) is 68.9 Å². The molecule has 0 amide bonds. The van der Waals surface area contributed by atoms with Crippen LogP contribution in [0.4, 0.5) is 0 Å². The number of benzene rings is 2. The number of carbonyl (C=O) groups excluding carboxylic acids is 1. The zero-order valence-corrected chi connectivity index (χ0v) is 33.4. The molecule has 0 unspecified atom stereocenters. The topological polar surface area (TPSA) is 74.2 Å². The fourth-order valence-corrected chi connectivity index (χ4v) is 20.3. The maximum atomic E-state index is 13.4. The Morgan fingerprint density at radius 2 is 1.26 bits per heavy atom. The molecule has 0 aliphatic rings. The van der Waals surface area contributed by atoms with Crippen LogP contribution in [0.25, 0.3) is 0 Å². The van der Waals surface area contributed by atoms with E-state index in [-0.39, 0.29) is 27.9 Å². The first kappa shape index (κ1) is 37.6. The SMILES string of the molecule is CC(C)(C)CC(C)(C)c1cc(C(=O)c2ccccc2)c(O)cc1OCCC[Si](O[Si](C)(C)C)(O[Si](C)(C)C)O[Si](C)(C)C. The molecule has 0 bridgehead atoms. The lowest BCUT2D eigenvalue weighted by molar-refractivity contribution is 0.103. The van der Waals surface area contributed by atoms with Gasteiger partial charge in [0, 0.05) is 23.2 Å². The van der Waals surface area contributed by atoms with E-state index in [1.165, 1.54) is 0 Å². The molecule has 6 nitrogen and oxygen atoms in total. The lowest BCUT2D eigenvalue weighted by Gasteiger charge is -2.43. The monoisotopic (exact) mass is 662 g/mol. The summed E-state index contributed by atoms with van der Waals surface area (Å²) in [6.07, 6.45) is 1.56. The maximum Gasteiger partial charge on any atom is 0.469 e. The number of aromatic hydroxyl groups is 1. The zero-order valence-electron chi connectivity index (χ0n) is 29.4. The largest absolute Gasteiger partial charge is 0.507 e. The predicted molar refractivity (Wildman–Crippen MR) is 189 cm³/mol. The third-order valence-corrected chi connectivity index (χ3v) is 18.4. The summed E-state index contributed by atoms with van der Waals surface area (Å²) in [5.41, 5.74) is 1.48. The van der Waals surface area contributed by atoms with E-state index in [4.69, 9.17) is 17.1 Å². The number of phenolic OH excluding ortho intramolecular Hbond substituents is 1. The third kappa shape index (κ3) is 12.8. The second kappa shape index (κ2) is 13.8. The molecule has 242 valence electrons. The zero-order chi connectivity index (χ0) is 33.1. The van der Waals surface area contributed by atoms with Crippen molar-refractivity contribution in [1.82, 2.24) is 0 Å². The van der Waals surface area contributed by atoms with E-state index >= 15 is 0 Å². The Hall–Kier alpha value is -1.54. The summed E-state index contributed by atoms with van der Waals surface area (Å²) < 4.78 is 27.0. The molecule has 2 rings (SSSR count). The number of hydrogen-bond acceptors (Lipinski definition) is 6. The van der Waals surface area contributed by atoms with Gasteiger partial charge in [0.15, 0.2) is 30.7 Å². The molecule has 0 fully saturated rings. The van der Waals surface area contributed by atoms with Crippen LogP contribution < -0.4 is 4.74 Å². The van der Waals surface area contributed by atoms with Gasteiger partial charge in [-0.25, -0.2) is 0 Å². The number of hydrogen-bond donors (Lipinski definition) is 1. The summed E-state index contributed by atoms with van der Waals surface area (Å²) in [5.74, 6) is 0.324. The Labute approximate surface area is 266 Å². The molecule has 1 N–H and O–H groups in total. The van der Waals surface area contributed by atoms with Crippen molar-refractivity contribution in [2.75, 3.05) is 6.61 Å². The molecule has 0 heterocycles. The normalized spacial score (nSPS) is 13.7. The van der Waals surface area contributed by atoms with E-state index in [1.54, 1.807) is 18.2 Å². The van der Waals surface area contributed by atoms with Crippen molar-refractivity contribution in [3.05, 3.63) is 59.2 Å². The van der Waals surface area contributed by atoms with Gasteiger partial charge in [0.05, 0.1) is 12.2 Å². The molecule has 2 aromatic carbocycles. The highest BCUT2D eigenvalue weighted by atomic mass is 28.5. The lowest BCUT2D eigenvalue weighted by Crippen LogP contribution is -2.60. The molecule has 2 aromatic rings. The summed E-state index contributed by atoms with van der Waals surface area (Å²) >= 11 is 0. The van der Waals surface area contributed by atoms with E-state index < -0.39 is 33.8 Å². The van der Waals surface area contributed by atoms with Crippen molar-refractivity contribution in [3.63, 3.8) is 0 Å². The fourth-order valence-electron chi connectivity index (χ4n) is 5.65. The van der Waals surface area contributed by atoms with Gasteiger partial charge in [0.25, 0.3) is 0 Å². The predicted octanol–water partition coefficient (Wildman–Crippen LogP) is 9.60. The van der Waals surface area contributed by atoms with Gasteiger partial charge in [0.2, 0.25) is 0 Å². The molecule has 10 heteroatoms. The van der Waals surface area contributed by atoms with Gasteiger partial charge in [-0.1, -0.05) is 65.0 Å². The average molecular weight is 663 g/mol. The summed E-state index contributed by atoms with van der Waals surface area (Å²) in [6.45, 7) is 31.1. The van der Waals surface area contributed by atoms with Crippen LogP contribution in [0.5, 0.6) is 11.5 Å². The number of ketones is 1. The van der Waals surface area contributed by atoms with Gasteiger partial charge < -0.3 is 22.2 Å². The Morgan fingerprint density at radius 3 is 1.70 bits per heavy atom. The molecule has 0 saturated carbocycles. The van der Waals surface area contributed by atoms with Crippen LogP contribution in [0.15, 0.2) is 42.5 Å². The van der Waals surface area contributed by atoms with E-state index in [0.29, 0.717) is 30.4 Å². The van der Waals surface area contributed by atoms with E-state index in [9.17, 15) is 9.90 Å². The first-order valence-electron chi connectivity index (χ1n) is 15.5. The smallest absolute Gasteiger partial charge is 0.469 e. The highest BCUT2D eigenvalue weighted by molar-refractivity contribution is 6.90. The third-order valence-electron chi connectivity index (χ3n) is 6.35. The van der Waals surface area contributed by atoms with Crippen LogP contribution in [0.2, 0.25) is 65.0 Å². The molecule has 0 spiro atoms. The van der Waals surface area contributed by atoms with Crippen LogP contribution >= 0.6 is 0 Å². The molecule has 0 radical (unpaired) electrons. The van der Waals surface area contributed by atoms with E-state index in [1.807, 2.05) is 24.3 Å². The number of ether oxygens (including phenoxy) is 1. The number of rotatable bonds is 15. The highest BCUT2D eigenvalue weighted by Gasteiger charge is 2.49. The van der Waals surface area contributed by atoms with Crippen molar-refractivity contribution in [3.8, 4) is 11.5 Å². The first-order valence-corrected chi connectivity index (χ1v) is 27.7. The van der Waals surface area contributed by atoms with Crippen molar-refractivity contribution in [2.24, 2.45) is 5.41 Å². The summed E-state index contributed by atoms with van der Waals surface area (Å²) in [5, 5.41) is 11.1. The van der Waals surface area contributed by atoms with Crippen molar-refractivity contribution in [2.45, 2.75) is 118 Å². The summed E-state index contributed by atoms with van der Waals surface area (Å²) in [6, 6.07) is 13.2. The van der Waals surface area contributed by atoms with E-state index in [0.717, 1.165) is 12.0 Å². The molecule has 0 saturated heterocycles. The van der Waals surface area contributed by atoms with Gasteiger partial charge in [-0.2, -0.15) is 0 Å². The second-order valence-electron chi connectivity index (χ2n) is 16.5. The Morgan fingerprint density at radius 1 is 0.767 bits per heavy atom. The molecular weight excluding hydrogens is 605 g/mol.